The minimum absolute atomic E-state index is 0.0877. The first-order valence-corrected chi connectivity index (χ1v) is 10.4. The van der Waals surface area contributed by atoms with Crippen molar-refractivity contribution in [1.82, 2.24) is 5.32 Å². The summed E-state index contributed by atoms with van der Waals surface area (Å²) in [5.74, 6) is 1.47. The van der Waals surface area contributed by atoms with E-state index >= 15 is 0 Å². The van der Waals surface area contributed by atoms with E-state index in [2.05, 4.69) is 17.4 Å². The molecule has 0 aromatic heterocycles. The van der Waals surface area contributed by atoms with Crippen molar-refractivity contribution in [2.24, 2.45) is 5.92 Å². The number of hydrogen-bond donors (Lipinski definition) is 3. The van der Waals surface area contributed by atoms with Gasteiger partial charge in [0.25, 0.3) is 5.91 Å². The van der Waals surface area contributed by atoms with Crippen LogP contribution in [0.4, 0.5) is 0 Å². The molecule has 1 saturated heterocycles. The van der Waals surface area contributed by atoms with Gasteiger partial charge in [0.15, 0.2) is 18.0 Å². The van der Waals surface area contributed by atoms with Gasteiger partial charge in [0.05, 0.1) is 7.11 Å². The predicted octanol–water partition coefficient (Wildman–Crippen LogP) is -1.60. The predicted molar refractivity (Wildman–Crippen MR) is 106 cm³/mol. The Hall–Kier alpha value is -2.32. The molecule has 29 heavy (non-hydrogen) atoms. The molecule has 8 heteroatoms. The van der Waals surface area contributed by atoms with Crippen LogP contribution in [0.25, 0.3) is 0 Å². The molecule has 8 nitrogen and oxygen atoms in total. The second-order valence-electron chi connectivity index (χ2n) is 8.31. The number of rotatable bonds is 8. The maximum atomic E-state index is 12.4. The minimum atomic E-state index is -0.565. The van der Waals surface area contributed by atoms with Gasteiger partial charge in [-0.3, -0.25) is 4.79 Å². The number of hydrogen-bond acceptors (Lipinski definition) is 5. The largest absolute Gasteiger partial charge is 0.467 e. The van der Waals surface area contributed by atoms with E-state index < -0.39 is 6.04 Å². The summed E-state index contributed by atoms with van der Waals surface area (Å²) in [7, 11) is 1.36. The fourth-order valence-electron chi connectivity index (χ4n) is 3.95. The molecule has 0 spiro atoms. The number of piperazine rings is 1. The van der Waals surface area contributed by atoms with E-state index in [0.29, 0.717) is 25.7 Å². The lowest BCUT2D eigenvalue weighted by Gasteiger charge is -2.29. The molecule has 0 radical (unpaired) electrons. The van der Waals surface area contributed by atoms with Crippen molar-refractivity contribution >= 4 is 11.9 Å². The summed E-state index contributed by atoms with van der Waals surface area (Å²) in [6.45, 7) is 9.54. The van der Waals surface area contributed by atoms with Gasteiger partial charge in [-0.25, -0.2) is 4.79 Å². The molecule has 1 aromatic carbocycles. The Labute approximate surface area is 172 Å². The van der Waals surface area contributed by atoms with Gasteiger partial charge in [0.1, 0.15) is 38.8 Å². The normalized spacial score (nSPS) is 21.7. The van der Waals surface area contributed by atoms with Crippen molar-refractivity contribution in [3.63, 3.8) is 0 Å². The first-order chi connectivity index (χ1) is 13.9. The van der Waals surface area contributed by atoms with E-state index in [1.54, 1.807) is 0 Å². The van der Waals surface area contributed by atoms with Crippen LogP contribution >= 0.6 is 0 Å². The number of carbonyl (C=O) groups excluding carboxylic acids is 2. The van der Waals surface area contributed by atoms with E-state index in [0.717, 1.165) is 44.2 Å². The minimum Gasteiger partial charge on any atom is -0.467 e. The van der Waals surface area contributed by atoms with Crippen LogP contribution in [0, 0.1) is 5.92 Å². The molecule has 3 rings (SSSR count). The highest BCUT2D eigenvalue weighted by Gasteiger charge is 2.28. The molecule has 0 saturated carbocycles. The number of esters is 1. The molecular formula is C21H33N3O5+2. The van der Waals surface area contributed by atoms with Crippen LogP contribution < -0.4 is 24.6 Å². The second kappa shape index (κ2) is 9.93. The second-order valence-corrected chi connectivity index (χ2v) is 8.31. The Morgan fingerprint density at radius 1 is 1.10 bits per heavy atom. The quantitative estimate of drug-likeness (QED) is 0.453. The molecule has 160 valence electrons. The summed E-state index contributed by atoms with van der Waals surface area (Å²) < 4.78 is 15.6. The number of quaternary nitrogens is 2. The Morgan fingerprint density at radius 2 is 1.79 bits per heavy atom. The van der Waals surface area contributed by atoms with Crippen molar-refractivity contribution < 1.29 is 33.6 Å². The SMILES string of the molecule is COC(=O)[C@H](CC(C)C)NC(=O)C[NH+]1CC[NH+](Cc2ccc3c(c2)OCO3)CC1. The van der Waals surface area contributed by atoms with Crippen LogP contribution in [-0.4, -0.2) is 64.5 Å². The summed E-state index contributed by atoms with van der Waals surface area (Å²) in [5, 5.41) is 2.85. The standard InChI is InChI=1S/C21H31N3O5/c1-15(2)10-17(21(26)27-3)22-20(25)13-24-8-6-23(7-9-24)12-16-4-5-18-19(11-16)29-14-28-18/h4-5,11,15,17H,6-10,12-14H2,1-3H3,(H,22,25)/p+2/t17-/m0/s1. The number of ether oxygens (including phenoxy) is 3. The lowest BCUT2D eigenvalue weighted by atomic mass is 10.0. The van der Waals surface area contributed by atoms with Crippen LogP contribution in [0.5, 0.6) is 11.5 Å². The van der Waals surface area contributed by atoms with Crippen molar-refractivity contribution in [3.8, 4) is 11.5 Å². The highest BCUT2D eigenvalue weighted by atomic mass is 16.7. The maximum Gasteiger partial charge on any atom is 0.328 e. The van der Waals surface area contributed by atoms with Gasteiger partial charge in [0, 0.05) is 5.56 Å². The molecule has 1 aromatic rings. The van der Waals surface area contributed by atoms with Crippen LogP contribution in [0.15, 0.2) is 18.2 Å². The molecule has 2 aliphatic rings. The first kappa shape index (κ1) is 21.4. The summed E-state index contributed by atoms with van der Waals surface area (Å²) in [4.78, 5) is 27.1. The third kappa shape index (κ3) is 6.08. The summed E-state index contributed by atoms with van der Waals surface area (Å²) in [6.07, 6.45) is 0.585. The Balaban J connectivity index is 1.43. The van der Waals surface area contributed by atoms with Gasteiger partial charge < -0.3 is 29.3 Å². The van der Waals surface area contributed by atoms with Crippen molar-refractivity contribution in [2.75, 3.05) is 46.6 Å². The lowest BCUT2D eigenvalue weighted by molar-refractivity contribution is -1.02. The number of methoxy groups -OCH3 is 1. The molecule has 0 unspecified atom stereocenters. The van der Waals surface area contributed by atoms with E-state index in [4.69, 9.17) is 14.2 Å². The van der Waals surface area contributed by atoms with Gasteiger partial charge in [0.2, 0.25) is 6.79 Å². The zero-order valence-corrected chi connectivity index (χ0v) is 17.6. The molecule has 1 fully saturated rings. The summed E-state index contributed by atoms with van der Waals surface area (Å²) in [5.41, 5.74) is 1.24. The van der Waals surface area contributed by atoms with E-state index in [1.807, 2.05) is 19.9 Å². The zero-order valence-electron chi connectivity index (χ0n) is 17.6. The Morgan fingerprint density at radius 3 is 2.48 bits per heavy atom. The smallest absolute Gasteiger partial charge is 0.328 e. The summed E-state index contributed by atoms with van der Waals surface area (Å²) in [6, 6.07) is 5.56. The van der Waals surface area contributed by atoms with Crippen molar-refractivity contribution in [1.29, 1.82) is 0 Å². The number of amides is 1. The van der Waals surface area contributed by atoms with Gasteiger partial charge >= 0.3 is 5.97 Å². The lowest BCUT2D eigenvalue weighted by Crippen LogP contribution is -3.28. The summed E-state index contributed by atoms with van der Waals surface area (Å²) >= 11 is 0. The van der Waals surface area contributed by atoms with Crippen molar-refractivity contribution in [2.45, 2.75) is 32.9 Å². The van der Waals surface area contributed by atoms with Gasteiger partial charge in [-0.2, -0.15) is 0 Å². The topological polar surface area (TPSA) is 82.7 Å². The van der Waals surface area contributed by atoms with Gasteiger partial charge in [-0.05, 0) is 30.5 Å². The monoisotopic (exact) mass is 407 g/mol. The molecule has 0 aliphatic carbocycles. The Kier molecular flexibility index (Phi) is 7.33. The number of benzene rings is 1. The van der Waals surface area contributed by atoms with Gasteiger partial charge in [-0.1, -0.05) is 13.8 Å². The molecule has 1 amide bonds. The number of nitrogens with one attached hydrogen (secondary N) is 3. The first-order valence-electron chi connectivity index (χ1n) is 10.4. The number of carbonyl (C=O) groups is 2. The van der Waals surface area contributed by atoms with E-state index in [-0.39, 0.29) is 11.9 Å². The Bertz CT molecular complexity index is 716. The molecular weight excluding hydrogens is 374 g/mol. The zero-order chi connectivity index (χ0) is 20.8. The highest BCUT2D eigenvalue weighted by molar-refractivity contribution is 5.84. The van der Waals surface area contributed by atoms with Crippen LogP contribution in [0.2, 0.25) is 0 Å². The van der Waals surface area contributed by atoms with E-state index in [1.165, 1.54) is 22.5 Å². The fourth-order valence-corrected chi connectivity index (χ4v) is 3.95. The fraction of sp³-hybridized carbons (Fsp3) is 0.619. The average Bonchev–Trinajstić information content (AvgIpc) is 3.16. The van der Waals surface area contributed by atoms with Crippen LogP contribution in [-0.2, 0) is 20.9 Å². The van der Waals surface area contributed by atoms with Crippen LogP contribution in [0.3, 0.4) is 0 Å². The molecule has 2 heterocycles. The molecule has 1 atom stereocenters. The van der Waals surface area contributed by atoms with E-state index in [9.17, 15) is 9.59 Å². The molecule has 0 bridgehead atoms. The highest BCUT2D eigenvalue weighted by Crippen LogP contribution is 2.32. The maximum absolute atomic E-state index is 12.4. The third-order valence-corrected chi connectivity index (χ3v) is 5.49. The van der Waals surface area contributed by atoms with Crippen LogP contribution in [0.1, 0.15) is 25.8 Å². The van der Waals surface area contributed by atoms with Gasteiger partial charge in [-0.15, -0.1) is 0 Å². The number of fused-ring (bicyclic) bond motifs is 1. The van der Waals surface area contributed by atoms with Crippen molar-refractivity contribution in [3.05, 3.63) is 23.8 Å². The molecule has 2 aliphatic heterocycles. The average molecular weight is 408 g/mol. The third-order valence-electron chi connectivity index (χ3n) is 5.49. The molecule has 3 N–H and O–H groups in total.